The molecule has 1 aliphatic heterocycles. The molecule has 0 aromatic rings. The van der Waals surface area contributed by atoms with Crippen molar-refractivity contribution >= 4 is 22.6 Å². The summed E-state index contributed by atoms with van der Waals surface area (Å²) in [6.45, 7) is 4.25. The Morgan fingerprint density at radius 1 is 1.70 bits per heavy atom. The van der Waals surface area contributed by atoms with E-state index in [0.29, 0.717) is 0 Å². The summed E-state index contributed by atoms with van der Waals surface area (Å²) in [5.74, 6) is 0. The number of nitrogens with one attached hydrogen (secondary N) is 1. The maximum Gasteiger partial charge on any atom is 0.157 e. The molecule has 60 valence electrons. The SMILES string of the molecule is CC(C)(CI)C1OC1NO. The minimum Gasteiger partial charge on any atom is -0.350 e. The quantitative estimate of drug-likeness (QED) is 0.345. The second-order valence-corrected chi connectivity index (χ2v) is 3.99. The molecule has 1 heterocycles. The van der Waals surface area contributed by atoms with E-state index in [-0.39, 0.29) is 17.7 Å². The molecule has 1 aliphatic rings. The van der Waals surface area contributed by atoms with Crippen molar-refractivity contribution in [3.63, 3.8) is 0 Å². The second-order valence-electron chi connectivity index (χ2n) is 3.23. The zero-order chi connectivity index (χ0) is 7.78. The first-order valence-corrected chi connectivity index (χ1v) is 4.75. The number of ether oxygens (including phenoxy) is 1. The fraction of sp³-hybridized carbons (Fsp3) is 1.00. The van der Waals surface area contributed by atoms with Crippen molar-refractivity contribution in [1.29, 1.82) is 0 Å². The lowest BCUT2D eigenvalue weighted by Crippen LogP contribution is -2.27. The first-order chi connectivity index (χ1) is 4.61. The highest BCUT2D eigenvalue weighted by atomic mass is 127. The van der Waals surface area contributed by atoms with Gasteiger partial charge in [0.15, 0.2) is 6.23 Å². The maximum atomic E-state index is 8.46. The van der Waals surface area contributed by atoms with Crippen LogP contribution in [0.2, 0.25) is 0 Å². The average molecular weight is 257 g/mol. The lowest BCUT2D eigenvalue weighted by Gasteiger charge is -2.17. The number of hydrogen-bond donors (Lipinski definition) is 2. The summed E-state index contributed by atoms with van der Waals surface area (Å²) >= 11 is 2.32. The highest BCUT2D eigenvalue weighted by Gasteiger charge is 2.48. The molecule has 2 unspecified atom stereocenters. The Hall–Kier alpha value is 0.610. The molecular formula is C6H12INO2. The van der Waals surface area contributed by atoms with Crippen LogP contribution in [0.1, 0.15) is 13.8 Å². The third-order valence-corrected chi connectivity index (χ3v) is 3.70. The first kappa shape index (κ1) is 8.70. The van der Waals surface area contributed by atoms with Gasteiger partial charge in [-0.05, 0) is 0 Å². The van der Waals surface area contributed by atoms with Gasteiger partial charge in [0.1, 0.15) is 6.10 Å². The van der Waals surface area contributed by atoms with E-state index in [1.165, 1.54) is 0 Å². The molecule has 0 bridgehead atoms. The van der Waals surface area contributed by atoms with Gasteiger partial charge in [0.05, 0.1) is 0 Å². The van der Waals surface area contributed by atoms with Crippen LogP contribution < -0.4 is 5.48 Å². The Labute approximate surface area is 74.2 Å². The number of hydrogen-bond acceptors (Lipinski definition) is 3. The van der Waals surface area contributed by atoms with Crippen molar-refractivity contribution in [2.75, 3.05) is 4.43 Å². The molecule has 0 spiro atoms. The minimum absolute atomic E-state index is 0.134. The monoisotopic (exact) mass is 257 g/mol. The van der Waals surface area contributed by atoms with Gasteiger partial charge in [0, 0.05) is 9.84 Å². The Kier molecular flexibility index (Phi) is 2.54. The van der Waals surface area contributed by atoms with E-state index in [4.69, 9.17) is 9.94 Å². The van der Waals surface area contributed by atoms with Crippen molar-refractivity contribution in [3.8, 4) is 0 Å². The van der Waals surface area contributed by atoms with Crippen LogP contribution in [0.15, 0.2) is 0 Å². The van der Waals surface area contributed by atoms with Gasteiger partial charge in [-0.1, -0.05) is 36.4 Å². The van der Waals surface area contributed by atoms with Gasteiger partial charge < -0.3 is 9.94 Å². The largest absolute Gasteiger partial charge is 0.350 e. The minimum atomic E-state index is -0.134. The topological polar surface area (TPSA) is 44.8 Å². The van der Waals surface area contributed by atoms with Crippen LogP contribution in [0.3, 0.4) is 0 Å². The molecule has 0 saturated carbocycles. The third-order valence-electron chi connectivity index (χ3n) is 1.73. The molecule has 0 aliphatic carbocycles. The smallest absolute Gasteiger partial charge is 0.157 e. The van der Waals surface area contributed by atoms with E-state index in [0.717, 1.165) is 4.43 Å². The van der Waals surface area contributed by atoms with Crippen LogP contribution in [-0.2, 0) is 4.74 Å². The molecule has 1 rings (SSSR count). The molecule has 0 aromatic heterocycles. The Morgan fingerprint density at radius 2 is 2.30 bits per heavy atom. The summed E-state index contributed by atoms with van der Waals surface area (Å²) in [6.07, 6.45) is 0.0409. The molecule has 3 nitrogen and oxygen atoms in total. The van der Waals surface area contributed by atoms with Crippen molar-refractivity contribution in [2.45, 2.75) is 26.2 Å². The summed E-state index contributed by atoms with van der Waals surface area (Å²) in [5.41, 5.74) is 2.27. The van der Waals surface area contributed by atoms with Crippen LogP contribution in [0.25, 0.3) is 0 Å². The predicted octanol–water partition coefficient (Wildman–Crippen LogP) is 1.15. The van der Waals surface area contributed by atoms with Gasteiger partial charge >= 0.3 is 0 Å². The molecule has 2 atom stereocenters. The van der Waals surface area contributed by atoms with E-state index in [1.807, 2.05) is 0 Å². The molecular weight excluding hydrogens is 245 g/mol. The summed E-state index contributed by atoms with van der Waals surface area (Å²) < 4.78 is 6.19. The number of epoxide rings is 1. The molecule has 2 N–H and O–H groups in total. The van der Waals surface area contributed by atoms with E-state index >= 15 is 0 Å². The van der Waals surface area contributed by atoms with E-state index in [9.17, 15) is 0 Å². The van der Waals surface area contributed by atoms with Crippen molar-refractivity contribution in [2.24, 2.45) is 5.41 Å². The van der Waals surface area contributed by atoms with E-state index in [2.05, 4.69) is 41.9 Å². The van der Waals surface area contributed by atoms with Crippen molar-refractivity contribution < 1.29 is 9.94 Å². The molecule has 1 saturated heterocycles. The zero-order valence-corrected chi connectivity index (χ0v) is 8.25. The Bertz CT molecular complexity index is 129. The zero-order valence-electron chi connectivity index (χ0n) is 6.10. The maximum absolute atomic E-state index is 8.46. The Morgan fingerprint density at radius 3 is 2.60 bits per heavy atom. The fourth-order valence-corrected chi connectivity index (χ4v) is 1.31. The van der Waals surface area contributed by atoms with Crippen LogP contribution in [0.5, 0.6) is 0 Å². The van der Waals surface area contributed by atoms with Gasteiger partial charge in [-0.2, -0.15) is 5.48 Å². The fourth-order valence-electron chi connectivity index (χ4n) is 0.881. The van der Waals surface area contributed by atoms with Gasteiger partial charge in [-0.25, -0.2) is 0 Å². The van der Waals surface area contributed by atoms with Gasteiger partial charge in [0.25, 0.3) is 0 Å². The number of halogens is 1. The highest BCUT2D eigenvalue weighted by Crippen LogP contribution is 2.37. The van der Waals surface area contributed by atoms with Crippen molar-refractivity contribution in [1.82, 2.24) is 5.48 Å². The van der Waals surface area contributed by atoms with Crippen LogP contribution in [-0.4, -0.2) is 22.0 Å². The van der Waals surface area contributed by atoms with Crippen molar-refractivity contribution in [3.05, 3.63) is 0 Å². The number of hydroxylamine groups is 1. The lowest BCUT2D eigenvalue weighted by atomic mass is 9.92. The molecule has 4 heteroatoms. The first-order valence-electron chi connectivity index (χ1n) is 3.23. The second kappa shape index (κ2) is 2.92. The summed E-state index contributed by atoms with van der Waals surface area (Å²) in [6, 6.07) is 0. The molecule has 1 fully saturated rings. The molecule has 0 radical (unpaired) electrons. The molecule has 0 amide bonds. The molecule has 10 heavy (non-hydrogen) atoms. The van der Waals surface area contributed by atoms with Gasteiger partial charge in [-0.3, -0.25) is 0 Å². The third kappa shape index (κ3) is 1.61. The summed E-state index contributed by atoms with van der Waals surface area (Å²) in [7, 11) is 0. The van der Waals surface area contributed by atoms with Crippen LogP contribution in [0.4, 0.5) is 0 Å². The van der Waals surface area contributed by atoms with Gasteiger partial charge in [0.2, 0.25) is 0 Å². The normalized spacial score (nSPS) is 32.4. The van der Waals surface area contributed by atoms with E-state index in [1.54, 1.807) is 0 Å². The molecule has 0 aromatic carbocycles. The standard InChI is InChI=1S/C6H12INO2/c1-6(2,3-7)4-5(8-9)10-4/h4-5,8-9H,3H2,1-2H3. The predicted molar refractivity (Wildman–Crippen MR) is 46.3 cm³/mol. The average Bonchev–Trinajstić information content (AvgIpc) is 2.66. The number of rotatable bonds is 3. The van der Waals surface area contributed by atoms with Crippen LogP contribution in [0, 0.1) is 5.41 Å². The van der Waals surface area contributed by atoms with Crippen LogP contribution >= 0.6 is 22.6 Å². The van der Waals surface area contributed by atoms with Gasteiger partial charge in [-0.15, -0.1) is 0 Å². The van der Waals surface area contributed by atoms with E-state index < -0.39 is 0 Å². The highest BCUT2D eigenvalue weighted by molar-refractivity contribution is 14.1. The lowest BCUT2D eigenvalue weighted by molar-refractivity contribution is 0.119. The summed E-state index contributed by atoms with van der Waals surface area (Å²) in [4.78, 5) is 0. The Balaban J connectivity index is 2.37. The summed E-state index contributed by atoms with van der Waals surface area (Å²) in [5, 5.41) is 8.46. The number of alkyl halides is 1.